The van der Waals surface area contributed by atoms with Crippen molar-refractivity contribution < 1.29 is 9.18 Å². The minimum atomic E-state index is -0.461. The van der Waals surface area contributed by atoms with Crippen molar-refractivity contribution in [2.24, 2.45) is 5.73 Å². The Balaban J connectivity index is 2.26. The fraction of sp³-hybridized carbons (Fsp3) is 0.214. The van der Waals surface area contributed by atoms with E-state index in [4.69, 9.17) is 5.73 Å². The van der Waals surface area contributed by atoms with E-state index in [1.807, 2.05) is 6.92 Å². The number of nitrogens with zero attached hydrogens (tertiary/aromatic N) is 2. The van der Waals surface area contributed by atoms with Crippen molar-refractivity contribution in [2.75, 3.05) is 11.9 Å². The quantitative estimate of drug-likeness (QED) is 0.847. The average molecular weight is 304 g/mol. The van der Waals surface area contributed by atoms with Crippen LogP contribution in [0, 0.1) is 17.7 Å². The Morgan fingerprint density at radius 1 is 1.48 bits per heavy atom. The van der Waals surface area contributed by atoms with Crippen LogP contribution in [0.4, 0.5) is 9.52 Å². The predicted molar refractivity (Wildman–Crippen MR) is 79.6 cm³/mol. The van der Waals surface area contributed by atoms with Crippen molar-refractivity contribution in [3.63, 3.8) is 0 Å². The largest absolute Gasteiger partial charge is 0.320 e. The van der Waals surface area contributed by atoms with Crippen LogP contribution in [0.25, 0.3) is 0 Å². The summed E-state index contributed by atoms with van der Waals surface area (Å²) in [6, 6.07) is 3.79. The van der Waals surface area contributed by atoms with E-state index in [1.165, 1.54) is 29.5 Å². The van der Waals surface area contributed by atoms with Gasteiger partial charge in [0.15, 0.2) is 0 Å². The van der Waals surface area contributed by atoms with Gasteiger partial charge in [0.2, 0.25) is 5.13 Å². The fourth-order valence-corrected chi connectivity index (χ4v) is 2.25. The summed E-state index contributed by atoms with van der Waals surface area (Å²) >= 11 is 1.30. The van der Waals surface area contributed by atoms with Gasteiger partial charge >= 0.3 is 0 Å². The average Bonchev–Trinajstić information content (AvgIpc) is 2.92. The van der Waals surface area contributed by atoms with Gasteiger partial charge < -0.3 is 5.73 Å². The van der Waals surface area contributed by atoms with Crippen LogP contribution in [0.2, 0.25) is 0 Å². The number of hydrogen-bond donors (Lipinski definition) is 2. The SMILES string of the molecule is CCc1nnc(NC(=O)c2ccc(F)cc2C#CCN)s1. The smallest absolute Gasteiger partial charge is 0.258 e. The fourth-order valence-electron chi connectivity index (χ4n) is 1.58. The Hall–Kier alpha value is -2.30. The number of carbonyl (C=O) groups is 1. The first kappa shape index (κ1) is 15.1. The molecule has 108 valence electrons. The standard InChI is InChI=1S/C14H13FN4OS/c1-2-12-18-19-14(21-12)17-13(20)11-6-5-10(15)8-9(11)4-3-7-16/h5-6,8H,2,7,16H2,1H3,(H,17,19,20). The van der Waals surface area contributed by atoms with E-state index in [9.17, 15) is 9.18 Å². The molecule has 0 radical (unpaired) electrons. The van der Waals surface area contributed by atoms with Crippen LogP contribution < -0.4 is 11.1 Å². The monoisotopic (exact) mass is 304 g/mol. The molecule has 0 aliphatic rings. The summed E-state index contributed by atoms with van der Waals surface area (Å²) in [6.45, 7) is 2.08. The lowest BCUT2D eigenvalue weighted by Gasteiger charge is -2.04. The second-order valence-corrected chi connectivity index (χ2v) is 5.07. The van der Waals surface area contributed by atoms with E-state index in [-0.39, 0.29) is 17.7 Å². The Kier molecular flexibility index (Phi) is 4.98. The number of rotatable bonds is 3. The zero-order valence-corrected chi connectivity index (χ0v) is 12.1. The molecule has 0 bridgehead atoms. The van der Waals surface area contributed by atoms with E-state index >= 15 is 0 Å². The molecule has 0 spiro atoms. The summed E-state index contributed by atoms with van der Waals surface area (Å²) in [7, 11) is 0. The first-order valence-electron chi connectivity index (χ1n) is 6.26. The van der Waals surface area contributed by atoms with E-state index < -0.39 is 11.7 Å². The first-order valence-corrected chi connectivity index (χ1v) is 7.08. The molecule has 7 heteroatoms. The number of hydrogen-bond acceptors (Lipinski definition) is 5. The second kappa shape index (κ2) is 6.92. The van der Waals surface area contributed by atoms with Crippen molar-refractivity contribution in [1.82, 2.24) is 10.2 Å². The number of anilines is 1. The topological polar surface area (TPSA) is 80.9 Å². The number of amides is 1. The zero-order valence-electron chi connectivity index (χ0n) is 11.3. The Labute approximate surface area is 125 Å². The van der Waals surface area contributed by atoms with Gasteiger partial charge in [-0.05, 0) is 24.6 Å². The molecule has 0 saturated heterocycles. The molecule has 0 aliphatic carbocycles. The molecule has 0 fully saturated rings. The molecule has 1 heterocycles. The van der Waals surface area contributed by atoms with Gasteiger partial charge in [-0.15, -0.1) is 10.2 Å². The summed E-state index contributed by atoms with van der Waals surface area (Å²) < 4.78 is 13.3. The minimum absolute atomic E-state index is 0.133. The summed E-state index contributed by atoms with van der Waals surface area (Å²) in [5, 5.41) is 11.6. The van der Waals surface area contributed by atoms with E-state index in [0.29, 0.717) is 5.13 Å². The van der Waals surface area contributed by atoms with Crippen molar-refractivity contribution in [2.45, 2.75) is 13.3 Å². The molecule has 1 amide bonds. The van der Waals surface area contributed by atoms with Gasteiger partial charge in [-0.1, -0.05) is 30.1 Å². The van der Waals surface area contributed by atoms with Gasteiger partial charge in [0, 0.05) is 5.56 Å². The number of halogens is 1. The molecule has 21 heavy (non-hydrogen) atoms. The normalized spacial score (nSPS) is 9.86. The van der Waals surface area contributed by atoms with Crippen molar-refractivity contribution in [3.05, 3.63) is 40.2 Å². The number of benzene rings is 1. The molecule has 0 aliphatic heterocycles. The van der Waals surface area contributed by atoms with Crippen LogP contribution in [0.1, 0.15) is 27.9 Å². The van der Waals surface area contributed by atoms with Crippen LogP contribution in [0.15, 0.2) is 18.2 Å². The highest BCUT2D eigenvalue weighted by Crippen LogP contribution is 2.18. The third kappa shape index (κ3) is 3.84. The minimum Gasteiger partial charge on any atom is -0.320 e. The highest BCUT2D eigenvalue weighted by molar-refractivity contribution is 7.15. The van der Waals surface area contributed by atoms with E-state index in [2.05, 4.69) is 27.4 Å². The van der Waals surface area contributed by atoms with Crippen LogP contribution in [-0.2, 0) is 6.42 Å². The summed E-state index contributed by atoms with van der Waals surface area (Å²) in [5.74, 6) is 4.43. The van der Waals surface area contributed by atoms with E-state index in [0.717, 1.165) is 11.4 Å². The molecule has 2 rings (SSSR count). The maximum Gasteiger partial charge on any atom is 0.258 e. The molecule has 0 saturated carbocycles. The van der Waals surface area contributed by atoms with Crippen LogP contribution in [0.5, 0.6) is 0 Å². The lowest BCUT2D eigenvalue weighted by molar-refractivity contribution is 0.102. The number of aromatic nitrogens is 2. The first-order chi connectivity index (χ1) is 10.1. The second-order valence-electron chi connectivity index (χ2n) is 4.00. The van der Waals surface area contributed by atoms with Gasteiger partial charge in [0.25, 0.3) is 5.91 Å². The maximum atomic E-state index is 13.3. The molecule has 3 N–H and O–H groups in total. The molecule has 5 nitrogen and oxygen atoms in total. The van der Waals surface area contributed by atoms with E-state index in [1.54, 1.807) is 0 Å². The molecule has 0 unspecified atom stereocenters. The number of carbonyl (C=O) groups excluding carboxylic acids is 1. The Morgan fingerprint density at radius 2 is 2.29 bits per heavy atom. The summed E-state index contributed by atoms with van der Waals surface area (Å²) in [4.78, 5) is 12.2. The lowest BCUT2D eigenvalue weighted by atomic mass is 10.1. The molecule has 1 aromatic heterocycles. The highest BCUT2D eigenvalue weighted by atomic mass is 32.1. The van der Waals surface area contributed by atoms with Gasteiger partial charge in [-0.3, -0.25) is 10.1 Å². The molecule has 0 atom stereocenters. The third-order valence-electron chi connectivity index (χ3n) is 2.54. The van der Waals surface area contributed by atoms with Crippen molar-refractivity contribution in [1.29, 1.82) is 0 Å². The number of nitrogens with two attached hydrogens (primary N) is 1. The number of aryl methyl sites for hydroxylation is 1. The van der Waals surface area contributed by atoms with Crippen LogP contribution in [0.3, 0.4) is 0 Å². The Morgan fingerprint density at radius 3 is 2.95 bits per heavy atom. The van der Waals surface area contributed by atoms with Gasteiger partial charge in [0.05, 0.1) is 12.1 Å². The van der Waals surface area contributed by atoms with Gasteiger partial charge in [-0.25, -0.2) is 4.39 Å². The number of nitrogens with one attached hydrogen (secondary N) is 1. The molecule has 1 aromatic carbocycles. The summed E-state index contributed by atoms with van der Waals surface area (Å²) in [5.41, 5.74) is 5.86. The lowest BCUT2D eigenvalue weighted by Crippen LogP contribution is -2.13. The Bertz CT molecular complexity index is 717. The molecular formula is C14H13FN4OS. The van der Waals surface area contributed by atoms with Crippen LogP contribution in [-0.4, -0.2) is 22.6 Å². The predicted octanol–water partition coefficient (Wildman–Crippen LogP) is 1.80. The van der Waals surface area contributed by atoms with Crippen LogP contribution >= 0.6 is 11.3 Å². The molecule has 2 aromatic rings. The van der Waals surface area contributed by atoms with Gasteiger partial charge in [-0.2, -0.15) is 0 Å². The summed E-state index contributed by atoms with van der Waals surface area (Å²) in [6.07, 6.45) is 0.747. The highest BCUT2D eigenvalue weighted by Gasteiger charge is 2.13. The van der Waals surface area contributed by atoms with Gasteiger partial charge in [0.1, 0.15) is 10.8 Å². The zero-order chi connectivity index (χ0) is 15.2. The third-order valence-corrected chi connectivity index (χ3v) is 3.52. The van der Waals surface area contributed by atoms with Crippen molar-refractivity contribution in [3.8, 4) is 11.8 Å². The van der Waals surface area contributed by atoms with Crippen molar-refractivity contribution >= 4 is 22.4 Å². The maximum absolute atomic E-state index is 13.3. The molecular weight excluding hydrogens is 291 g/mol.